The summed E-state index contributed by atoms with van der Waals surface area (Å²) in [6.45, 7) is 0. The first-order valence-corrected chi connectivity index (χ1v) is 4.67. The van der Waals surface area contributed by atoms with Gasteiger partial charge in [0.2, 0.25) is 0 Å². The quantitative estimate of drug-likeness (QED) is 0.744. The maximum Gasteiger partial charge on any atom is 0.191 e. The lowest BCUT2D eigenvalue weighted by atomic mass is 10.4. The average molecular weight is 195 g/mol. The fourth-order valence-electron chi connectivity index (χ4n) is 0.843. The molecule has 2 aromatic rings. The van der Waals surface area contributed by atoms with Crippen LogP contribution >= 0.6 is 23.6 Å². The first-order chi connectivity index (χ1) is 5.90. The van der Waals surface area contributed by atoms with Crippen molar-refractivity contribution in [3.05, 3.63) is 23.3 Å². The standard InChI is InChI=1S/C7H5N3S2/c11-4-6-8-7(10-9-6)5-2-1-3-12-5/h1-4H,(H,8,9,10). The fourth-order valence-corrected chi connectivity index (χ4v) is 1.61. The molecule has 3 nitrogen and oxygen atoms in total. The van der Waals surface area contributed by atoms with Gasteiger partial charge in [0.15, 0.2) is 11.6 Å². The van der Waals surface area contributed by atoms with Crippen molar-refractivity contribution in [1.29, 1.82) is 0 Å². The molecule has 0 radical (unpaired) electrons. The van der Waals surface area contributed by atoms with Crippen molar-refractivity contribution < 1.29 is 0 Å². The van der Waals surface area contributed by atoms with Gasteiger partial charge in [-0.25, -0.2) is 4.98 Å². The molecule has 5 heteroatoms. The molecule has 0 aromatic carbocycles. The molecule has 2 heterocycles. The van der Waals surface area contributed by atoms with E-state index in [0.717, 1.165) is 4.88 Å². The zero-order chi connectivity index (χ0) is 8.39. The van der Waals surface area contributed by atoms with Crippen LogP contribution in [0.4, 0.5) is 0 Å². The average Bonchev–Trinajstić information content (AvgIpc) is 2.75. The predicted molar refractivity (Wildman–Crippen MR) is 52.5 cm³/mol. The summed E-state index contributed by atoms with van der Waals surface area (Å²) < 4.78 is 0. The summed E-state index contributed by atoms with van der Waals surface area (Å²) in [5.41, 5.74) is 0. The third-order valence-corrected chi connectivity index (χ3v) is 2.44. The van der Waals surface area contributed by atoms with Crippen LogP contribution in [0.2, 0.25) is 0 Å². The molecular weight excluding hydrogens is 190 g/mol. The molecule has 60 valence electrons. The van der Waals surface area contributed by atoms with Crippen molar-refractivity contribution >= 4 is 28.9 Å². The molecule has 0 amide bonds. The molecule has 0 aliphatic carbocycles. The van der Waals surface area contributed by atoms with E-state index >= 15 is 0 Å². The Hall–Kier alpha value is -1.07. The van der Waals surface area contributed by atoms with Crippen LogP contribution < -0.4 is 0 Å². The first kappa shape index (κ1) is 7.57. The van der Waals surface area contributed by atoms with Crippen molar-refractivity contribution in [3.63, 3.8) is 0 Å². The summed E-state index contributed by atoms with van der Waals surface area (Å²) in [5, 5.41) is 10.2. The Kier molecular flexibility index (Phi) is 1.97. The smallest absolute Gasteiger partial charge is 0.191 e. The number of nitrogens with one attached hydrogen (secondary N) is 1. The Morgan fingerprint density at radius 2 is 2.50 bits per heavy atom. The number of hydrogen-bond donors (Lipinski definition) is 1. The summed E-state index contributed by atoms with van der Waals surface area (Å²) >= 11 is 6.31. The van der Waals surface area contributed by atoms with Gasteiger partial charge in [0, 0.05) is 5.37 Å². The largest absolute Gasteiger partial charge is 0.258 e. The minimum atomic E-state index is 0.633. The first-order valence-electron chi connectivity index (χ1n) is 3.31. The topological polar surface area (TPSA) is 41.6 Å². The summed E-state index contributed by atoms with van der Waals surface area (Å²) in [7, 11) is 0. The second kappa shape index (κ2) is 3.12. The summed E-state index contributed by atoms with van der Waals surface area (Å²) in [6.07, 6.45) is 0. The molecule has 0 unspecified atom stereocenters. The lowest BCUT2D eigenvalue weighted by molar-refractivity contribution is 1.09. The van der Waals surface area contributed by atoms with Crippen LogP contribution in [0.5, 0.6) is 0 Å². The van der Waals surface area contributed by atoms with Crippen molar-refractivity contribution in [2.75, 3.05) is 0 Å². The second-order valence-corrected chi connectivity index (χ2v) is 3.32. The van der Waals surface area contributed by atoms with Gasteiger partial charge in [-0.05, 0) is 11.4 Å². The highest BCUT2D eigenvalue weighted by Crippen LogP contribution is 2.19. The zero-order valence-electron chi connectivity index (χ0n) is 6.02. The number of H-pyrrole nitrogens is 1. The highest BCUT2D eigenvalue weighted by Gasteiger charge is 2.03. The van der Waals surface area contributed by atoms with Gasteiger partial charge in [-0.15, -0.1) is 11.3 Å². The molecule has 0 fully saturated rings. The van der Waals surface area contributed by atoms with Crippen LogP contribution in [0.3, 0.4) is 0 Å². The van der Waals surface area contributed by atoms with Crippen molar-refractivity contribution in [2.24, 2.45) is 0 Å². The molecule has 1 N–H and O–H groups in total. The van der Waals surface area contributed by atoms with Crippen LogP contribution in [0.25, 0.3) is 10.7 Å². The molecule has 0 saturated heterocycles. The lowest BCUT2D eigenvalue weighted by Crippen LogP contribution is -1.79. The van der Waals surface area contributed by atoms with Gasteiger partial charge in [0.1, 0.15) is 0 Å². The normalized spacial score (nSPS) is 10.0. The van der Waals surface area contributed by atoms with E-state index in [9.17, 15) is 0 Å². The lowest BCUT2D eigenvalue weighted by Gasteiger charge is -1.82. The summed E-state index contributed by atoms with van der Waals surface area (Å²) in [5.74, 6) is 1.34. The van der Waals surface area contributed by atoms with E-state index < -0.39 is 0 Å². The van der Waals surface area contributed by atoms with Crippen LogP contribution in [0.15, 0.2) is 17.5 Å². The minimum absolute atomic E-state index is 0.633. The number of thiophene rings is 1. The van der Waals surface area contributed by atoms with Gasteiger partial charge >= 0.3 is 0 Å². The van der Waals surface area contributed by atoms with Gasteiger partial charge in [0.05, 0.1) is 4.88 Å². The van der Waals surface area contributed by atoms with Crippen molar-refractivity contribution in [2.45, 2.75) is 0 Å². The Morgan fingerprint density at radius 1 is 1.58 bits per heavy atom. The van der Waals surface area contributed by atoms with Crippen LogP contribution in [-0.4, -0.2) is 20.5 Å². The van der Waals surface area contributed by atoms with Crippen LogP contribution in [0, 0.1) is 0 Å². The fraction of sp³-hybridized carbons (Fsp3) is 0. The highest BCUT2D eigenvalue weighted by molar-refractivity contribution is 7.79. The molecular formula is C7H5N3S2. The van der Waals surface area contributed by atoms with Gasteiger partial charge in [0.25, 0.3) is 0 Å². The maximum absolute atomic E-state index is 4.71. The van der Waals surface area contributed by atoms with E-state index in [1.807, 2.05) is 17.5 Å². The maximum atomic E-state index is 4.71. The number of aromatic amines is 1. The Bertz CT molecular complexity index is 377. The second-order valence-electron chi connectivity index (χ2n) is 2.14. The van der Waals surface area contributed by atoms with Crippen molar-refractivity contribution in [1.82, 2.24) is 15.2 Å². The third-order valence-electron chi connectivity index (χ3n) is 1.36. The number of aromatic nitrogens is 3. The third kappa shape index (κ3) is 1.28. The Labute approximate surface area is 78.5 Å². The number of rotatable bonds is 2. The predicted octanol–water partition coefficient (Wildman–Crippen LogP) is 1.88. The number of nitrogens with zero attached hydrogens (tertiary/aromatic N) is 2. The molecule has 0 bridgehead atoms. The van der Waals surface area contributed by atoms with E-state index in [4.69, 9.17) is 12.2 Å². The van der Waals surface area contributed by atoms with E-state index in [-0.39, 0.29) is 0 Å². The Balaban J connectivity index is 2.41. The number of thiocarbonyl (C=S) groups is 1. The van der Waals surface area contributed by atoms with Crippen LogP contribution in [-0.2, 0) is 0 Å². The molecule has 0 aliphatic heterocycles. The molecule has 2 rings (SSSR count). The van der Waals surface area contributed by atoms with Gasteiger partial charge in [-0.3, -0.25) is 5.10 Å². The van der Waals surface area contributed by atoms with E-state index in [1.54, 1.807) is 11.3 Å². The Morgan fingerprint density at radius 3 is 3.08 bits per heavy atom. The molecule has 2 aromatic heterocycles. The molecule has 0 aliphatic rings. The molecule has 0 spiro atoms. The zero-order valence-corrected chi connectivity index (χ0v) is 7.65. The van der Waals surface area contributed by atoms with Gasteiger partial charge in [-0.2, -0.15) is 5.10 Å². The highest BCUT2D eigenvalue weighted by atomic mass is 32.1. The number of hydrogen-bond acceptors (Lipinski definition) is 4. The SMILES string of the molecule is S=Cc1nc(-c2cccs2)n[nH]1. The van der Waals surface area contributed by atoms with Gasteiger partial charge < -0.3 is 0 Å². The minimum Gasteiger partial charge on any atom is -0.258 e. The summed E-state index contributed by atoms with van der Waals surface area (Å²) in [4.78, 5) is 5.21. The van der Waals surface area contributed by atoms with E-state index in [0.29, 0.717) is 11.6 Å². The summed E-state index contributed by atoms with van der Waals surface area (Å²) in [6, 6.07) is 3.94. The van der Waals surface area contributed by atoms with Crippen molar-refractivity contribution in [3.8, 4) is 10.7 Å². The van der Waals surface area contributed by atoms with E-state index in [1.165, 1.54) is 5.37 Å². The molecule has 0 atom stereocenters. The monoisotopic (exact) mass is 195 g/mol. The van der Waals surface area contributed by atoms with Crippen LogP contribution in [0.1, 0.15) is 5.82 Å². The molecule has 0 saturated carbocycles. The molecule has 12 heavy (non-hydrogen) atoms. The van der Waals surface area contributed by atoms with Gasteiger partial charge in [-0.1, -0.05) is 18.3 Å². The van der Waals surface area contributed by atoms with E-state index in [2.05, 4.69) is 15.2 Å².